The monoisotopic (exact) mass is 473 g/mol. The summed E-state index contributed by atoms with van der Waals surface area (Å²) in [5.74, 6) is -0.344. The third kappa shape index (κ3) is 5.17. The molecule has 0 N–H and O–H groups in total. The smallest absolute Gasteiger partial charge is 0.261 e. The Kier molecular flexibility index (Phi) is 6.90. The lowest BCUT2D eigenvalue weighted by Gasteiger charge is -2.28. The second kappa shape index (κ2) is 9.66. The second-order valence-electron chi connectivity index (χ2n) is 8.00. The molecule has 0 atom stereocenters. The molecule has 1 fully saturated rings. The number of hydrogen-bond acceptors (Lipinski definition) is 7. The van der Waals surface area contributed by atoms with E-state index in [4.69, 9.17) is 9.72 Å². The molecule has 7 nitrogen and oxygen atoms in total. The molecule has 2 heterocycles. The van der Waals surface area contributed by atoms with Gasteiger partial charge in [-0.25, -0.2) is 13.4 Å². The van der Waals surface area contributed by atoms with Gasteiger partial charge in [0.2, 0.25) is 0 Å². The molecule has 0 radical (unpaired) electrons. The fourth-order valence-corrected chi connectivity index (χ4v) is 5.78. The Bertz CT molecular complexity index is 1220. The number of aryl methyl sites for hydroxylation is 1. The number of anilines is 1. The molecule has 0 aliphatic carbocycles. The van der Waals surface area contributed by atoms with E-state index in [0.717, 1.165) is 61.3 Å². The van der Waals surface area contributed by atoms with Gasteiger partial charge in [-0.2, -0.15) is 0 Å². The van der Waals surface area contributed by atoms with Crippen LogP contribution in [0.15, 0.2) is 47.4 Å². The number of morpholine rings is 1. The van der Waals surface area contributed by atoms with Gasteiger partial charge in [0, 0.05) is 32.4 Å². The zero-order valence-electron chi connectivity index (χ0n) is 18.3. The predicted octanol–water partition coefficient (Wildman–Crippen LogP) is 3.38. The van der Waals surface area contributed by atoms with Gasteiger partial charge in [-0.05, 0) is 43.2 Å². The maximum atomic E-state index is 13.6. The number of sulfone groups is 1. The highest BCUT2D eigenvalue weighted by molar-refractivity contribution is 7.90. The molecule has 1 amide bonds. The molecule has 170 valence electrons. The average molecular weight is 474 g/mol. The van der Waals surface area contributed by atoms with E-state index in [1.165, 1.54) is 17.4 Å². The van der Waals surface area contributed by atoms with Gasteiger partial charge < -0.3 is 4.74 Å². The van der Waals surface area contributed by atoms with Crippen molar-refractivity contribution in [2.24, 2.45) is 0 Å². The first-order valence-corrected chi connectivity index (χ1v) is 13.3. The van der Waals surface area contributed by atoms with Gasteiger partial charge in [0.25, 0.3) is 5.91 Å². The van der Waals surface area contributed by atoms with Crippen molar-refractivity contribution >= 4 is 42.4 Å². The minimum absolute atomic E-state index is 0.0418. The first kappa shape index (κ1) is 22.8. The number of nitrogens with zero attached hydrogens (tertiary/aromatic N) is 3. The first-order valence-electron chi connectivity index (χ1n) is 10.6. The Labute approximate surface area is 192 Å². The van der Waals surface area contributed by atoms with Gasteiger partial charge in [-0.3, -0.25) is 14.6 Å². The highest BCUT2D eigenvalue weighted by atomic mass is 32.2. The highest BCUT2D eigenvalue weighted by Gasteiger charge is 2.26. The van der Waals surface area contributed by atoms with E-state index in [-0.39, 0.29) is 16.4 Å². The zero-order valence-corrected chi connectivity index (χ0v) is 19.9. The lowest BCUT2D eigenvalue weighted by atomic mass is 10.2. The molecule has 0 bridgehead atoms. The normalized spacial score (nSPS) is 15.2. The molecule has 9 heteroatoms. The van der Waals surface area contributed by atoms with Crippen LogP contribution in [0.25, 0.3) is 10.2 Å². The third-order valence-electron chi connectivity index (χ3n) is 5.49. The van der Waals surface area contributed by atoms with Crippen LogP contribution in [0, 0.1) is 6.92 Å². The average Bonchev–Trinajstić information content (AvgIpc) is 3.19. The van der Waals surface area contributed by atoms with E-state index in [9.17, 15) is 13.2 Å². The number of carbonyl (C=O) groups is 1. The number of carbonyl (C=O) groups excluding carboxylic acids is 1. The molecule has 32 heavy (non-hydrogen) atoms. The summed E-state index contributed by atoms with van der Waals surface area (Å²) in [6.07, 6.45) is 1.88. The molecule has 0 saturated carbocycles. The maximum absolute atomic E-state index is 13.6. The number of hydrogen-bond donors (Lipinski definition) is 0. The molecule has 1 aliphatic heterocycles. The Balaban J connectivity index is 1.65. The van der Waals surface area contributed by atoms with Crippen molar-refractivity contribution in [1.82, 2.24) is 9.88 Å². The molecule has 3 aromatic rings. The van der Waals surface area contributed by atoms with Crippen LogP contribution >= 0.6 is 11.3 Å². The number of rotatable bonds is 7. The van der Waals surface area contributed by atoms with Gasteiger partial charge in [-0.1, -0.05) is 29.5 Å². The Morgan fingerprint density at radius 1 is 1.19 bits per heavy atom. The summed E-state index contributed by atoms with van der Waals surface area (Å²) in [6.45, 7) is 6.52. The molecule has 1 aromatic heterocycles. The number of fused-ring (bicyclic) bond motifs is 1. The van der Waals surface area contributed by atoms with Crippen molar-refractivity contribution in [2.45, 2.75) is 18.2 Å². The number of aromatic nitrogens is 1. The van der Waals surface area contributed by atoms with Crippen LogP contribution < -0.4 is 4.90 Å². The highest BCUT2D eigenvalue weighted by Crippen LogP contribution is 2.31. The van der Waals surface area contributed by atoms with Crippen LogP contribution in [-0.4, -0.2) is 69.9 Å². The molecular weight excluding hydrogens is 446 g/mol. The van der Waals surface area contributed by atoms with Crippen LogP contribution in [0.2, 0.25) is 0 Å². The van der Waals surface area contributed by atoms with E-state index < -0.39 is 9.84 Å². The van der Waals surface area contributed by atoms with E-state index in [1.807, 2.05) is 19.1 Å². The predicted molar refractivity (Wildman–Crippen MR) is 127 cm³/mol. The van der Waals surface area contributed by atoms with E-state index in [2.05, 4.69) is 11.0 Å². The van der Waals surface area contributed by atoms with E-state index in [0.29, 0.717) is 11.7 Å². The standard InChI is InChI=1S/C23H27N3O4S2/c1-17-8-9-19-20(16-17)31-23(24-19)26(11-5-10-25-12-14-30-15-13-25)22(27)18-6-3-4-7-21(18)32(2,28)29/h3-4,6-9,16H,5,10-15H2,1-2H3. The summed E-state index contributed by atoms with van der Waals surface area (Å²) in [6, 6.07) is 12.4. The molecule has 0 unspecified atom stereocenters. The fraction of sp³-hybridized carbons (Fsp3) is 0.391. The lowest BCUT2D eigenvalue weighted by Crippen LogP contribution is -2.39. The Hall–Kier alpha value is -2.33. The van der Waals surface area contributed by atoms with Crippen molar-refractivity contribution in [3.8, 4) is 0 Å². The molecule has 0 spiro atoms. The number of benzene rings is 2. The Morgan fingerprint density at radius 2 is 1.94 bits per heavy atom. The van der Waals surface area contributed by atoms with Crippen molar-refractivity contribution in [3.05, 3.63) is 53.6 Å². The SMILES string of the molecule is Cc1ccc2nc(N(CCCN3CCOCC3)C(=O)c3ccccc3S(C)(=O)=O)sc2c1. The zero-order chi connectivity index (χ0) is 22.7. The fourth-order valence-electron chi connectivity index (χ4n) is 3.81. The van der Waals surface area contributed by atoms with Crippen molar-refractivity contribution in [3.63, 3.8) is 0 Å². The summed E-state index contributed by atoms with van der Waals surface area (Å²) in [7, 11) is -3.55. The number of ether oxygens (including phenoxy) is 1. The van der Waals surface area contributed by atoms with Crippen LogP contribution in [-0.2, 0) is 14.6 Å². The van der Waals surface area contributed by atoms with E-state index >= 15 is 0 Å². The molecule has 2 aromatic carbocycles. The maximum Gasteiger partial charge on any atom is 0.261 e. The summed E-state index contributed by atoms with van der Waals surface area (Å²) in [5, 5.41) is 0.584. The van der Waals surface area contributed by atoms with Crippen molar-refractivity contribution < 1.29 is 17.9 Å². The van der Waals surface area contributed by atoms with Gasteiger partial charge >= 0.3 is 0 Å². The topological polar surface area (TPSA) is 79.8 Å². The molecular formula is C23H27N3O4S2. The van der Waals surface area contributed by atoms with Gasteiger partial charge in [-0.15, -0.1) is 0 Å². The van der Waals surface area contributed by atoms with Crippen LogP contribution in [0.3, 0.4) is 0 Å². The van der Waals surface area contributed by atoms with Crippen molar-refractivity contribution in [2.75, 3.05) is 50.5 Å². The van der Waals surface area contributed by atoms with Crippen LogP contribution in [0.4, 0.5) is 5.13 Å². The van der Waals surface area contributed by atoms with Crippen LogP contribution in [0.5, 0.6) is 0 Å². The van der Waals surface area contributed by atoms with Gasteiger partial charge in [0.15, 0.2) is 15.0 Å². The quantitative estimate of drug-likeness (QED) is 0.523. The van der Waals surface area contributed by atoms with Crippen molar-refractivity contribution in [1.29, 1.82) is 0 Å². The number of thiazole rings is 1. The molecule has 1 aliphatic rings. The minimum Gasteiger partial charge on any atom is -0.379 e. The third-order valence-corrected chi connectivity index (χ3v) is 7.68. The summed E-state index contributed by atoms with van der Waals surface area (Å²) in [5.41, 5.74) is 2.13. The summed E-state index contributed by atoms with van der Waals surface area (Å²) >= 11 is 1.45. The second-order valence-corrected chi connectivity index (χ2v) is 11.0. The van der Waals surface area contributed by atoms with Gasteiger partial charge in [0.05, 0.1) is 33.9 Å². The summed E-state index contributed by atoms with van der Waals surface area (Å²) < 4.78 is 31.0. The summed E-state index contributed by atoms with van der Waals surface area (Å²) in [4.78, 5) is 22.3. The van der Waals surface area contributed by atoms with E-state index in [1.54, 1.807) is 23.1 Å². The molecule has 1 saturated heterocycles. The van der Waals surface area contributed by atoms with Crippen LogP contribution in [0.1, 0.15) is 22.3 Å². The minimum atomic E-state index is -3.55. The largest absolute Gasteiger partial charge is 0.379 e. The molecule has 4 rings (SSSR count). The lowest BCUT2D eigenvalue weighted by molar-refractivity contribution is 0.0376. The van der Waals surface area contributed by atoms with Gasteiger partial charge in [0.1, 0.15) is 0 Å². The number of amides is 1. The Morgan fingerprint density at radius 3 is 2.69 bits per heavy atom. The first-order chi connectivity index (χ1) is 15.3.